The van der Waals surface area contributed by atoms with Crippen LogP contribution in [0.15, 0.2) is 0 Å². The minimum atomic E-state index is -1.51. The van der Waals surface area contributed by atoms with Gasteiger partial charge < -0.3 is 28.4 Å². The molecule has 32 heavy (non-hydrogen) atoms. The Bertz CT molecular complexity index is 790. The van der Waals surface area contributed by atoms with Gasteiger partial charge in [-0.1, -0.05) is 19.6 Å². The van der Waals surface area contributed by atoms with Gasteiger partial charge in [0.1, 0.15) is 32.0 Å². The Kier molecular flexibility index (Phi) is 7.26. The molecule has 0 spiro atoms. The Morgan fingerprint density at radius 3 is 2.31 bits per heavy atom. The summed E-state index contributed by atoms with van der Waals surface area (Å²) >= 11 is 0. The molecule has 0 amide bonds. The second-order valence-corrected chi connectivity index (χ2v) is 15.3. The molecular weight excluding hydrogens is 432 g/mol. The van der Waals surface area contributed by atoms with Gasteiger partial charge in [-0.3, -0.25) is 9.59 Å². The number of hydrogen-bond acceptors (Lipinski definition) is 8. The molecule has 0 N–H and O–H groups in total. The number of carbonyl (C=O) groups excluding carboxylic acids is 2. The molecule has 3 aliphatic rings. The van der Waals surface area contributed by atoms with Gasteiger partial charge in [-0.2, -0.15) is 0 Å². The van der Waals surface area contributed by atoms with Crippen molar-refractivity contribution in [2.24, 2.45) is 5.92 Å². The van der Waals surface area contributed by atoms with E-state index in [-0.39, 0.29) is 12.4 Å². The maximum Gasteiger partial charge on any atom is 0.316 e. The molecule has 3 fully saturated rings. The van der Waals surface area contributed by atoms with E-state index in [0.717, 1.165) is 0 Å². The summed E-state index contributed by atoms with van der Waals surface area (Å²) in [6.45, 7) is 15.3. The molecule has 3 heterocycles. The summed E-state index contributed by atoms with van der Waals surface area (Å²) in [5, 5.41) is 0. The molecule has 3 rings (SSSR count). The summed E-state index contributed by atoms with van der Waals surface area (Å²) in [5.74, 6) is -0.259. The van der Waals surface area contributed by atoms with E-state index in [9.17, 15) is 9.59 Å². The van der Waals surface area contributed by atoms with Crippen LogP contribution in [0.25, 0.3) is 0 Å². The Labute approximate surface area is 191 Å². The van der Waals surface area contributed by atoms with Crippen molar-refractivity contribution in [3.8, 4) is 11.5 Å². The summed E-state index contributed by atoms with van der Waals surface area (Å²) in [6.07, 6.45) is -2.42. The minimum Gasteiger partial charge on any atom is -0.456 e. The zero-order valence-electron chi connectivity index (χ0n) is 20.4. The summed E-state index contributed by atoms with van der Waals surface area (Å²) < 4.78 is 35.4. The van der Waals surface area contributed by atoms with Crippen LogP contribution in [0.4, 0.5) is 0 Å². The van der Waals surface area contributed by atoms with Gasteiger partial charge in [-0.05, 0) is 41.0 Å². The fourth-order valence-corrected chi connectivity index (χ4v) is 4.72. The zero-order valence-corrected chi connectivity index (χ0v) is 21.4. The van der Waals surface area contributed by atoms with E-state index in [2.05, 4.69) is 31.1 Å². The highest BCUT2D eigenvalue weighted by atomic mass is 28.3. The first kappa shape index (κ1) is 25.3. The number of hydrogen-bond donors (Lipinski definition) is 0. The quantitative estimate of drug-likeness (QED) is 0.254. The normalized spacial score (nSPS) is 33.8. The van der Waals surface area contributed by atoms with E-state index in [1.165, 1.54) is 6.92 Å². The van der Waals surface area contributed by atoms with Crippen LogP contribution >= 0.6 is 0 Å². The van der Waals surface area contributed by atoms with E-state index in [0.29, 0.717) is 12.8 Å². The molecule has 0 aromatic carbocycles. The zero-order chi connectivity index (χ0) is 23.9. The van der Waals surface area contributed by atoms with Gasteiger partial charge in [-0.25, -0.2) is 0 Å². The smallest absolute Gasteiger partial charge is 0.316 e. The van der Waals surface area contributed by atoms with Crippen LogP contribution in [0.2, 0.25) is 19.6 Å². The second kappa shape index (κ2) is 9.16. The molecule has 0 bridgehead atoms. The number of Topliss-reactive ketones (excluding diaryl/α,β-unsaturated/α-hetero) is 1. The number of ether oxygens (including phenoxy) is 6. The second-order valence-electron chi connectivity index (χ2n) is 10.6. The lowest BCUT2D eigenvalue weighted by Crippen LogP contribution is -2.46. The van der Waals surface area contributed by atoms with Gasteiger partial charge in [0.25, 0.3) is 0 Å². The number of esters is 1. The summed E-state index contributed by atoms with van der Waals surface area (Å²) in [5.41, 5.74) is 3.26. The van der Waals surface area contributed by atoms with Crippen LogP contribution in [0.1, 0.15) is 47.5 Å². The molecule has 6 atom stereocenters. The Hall–Kier alpha value is -1.28. The lowest BCUT2D eigenvalue weighted by atomic mass is 9.99. The molecule has 1 unspecified atom stereocenters. The molecule has 3 saturated heterocycles. The van der Waals surface area contributed by atoms with Crippen LogP contribution in [0, 0.1) is 17.4 Å². The van der Waals surface area contributed by atoms with Gasteiger partial charge in [0.2, 0.25) is 0 Å². The van der Waals surface area contributed by atoms with E-state index in [1.807, 2.05) is 13.8 Å². The molecule has 0 radical (unpaired) electrons. The van der Waals surface area contributed by atoms with Gasteiger partial charge in [-0.15, -0.1) is 11.5 Å². The van der Waals surface area contributed by atoms with Crippen LogP contribution in [0.5, 0.6) is 0 Å². The summed E-state index contributed by atoms with van der Waals surface area (Å²) in [6, 6.07) is 0. The predicted molar refractivity (Wildman–Crippen MR) is 118 cm³/mol. The van der Waals surface area contributed by atoms with Crippen molar-refractivity contribution in [1.29, 1.82) is 0 Å². The topological polar surface area (TPSA) is 89.5 Å². The molecule has 3 aliphatic heterocycles. The standard InChI is InChI=1S/C23H36O8Si/c1-14(24)15(11-9-10-12-32(6,7)8)20(25)27-18-17(16-13-26-22(2,3)29-16)28-21-19(18)30-23(4,5)31-21/h15-19,21H,9,11,13H2,1-8H3/t15?,16-,17+,18-,19+,21+/m0/s1. The monoisotopic (exact) mass is 468 g/mol. The minimum absolute atomic E-state index is 0.248. The van der Waals surface area contributed by atoms with E-state index < -0.39 is 62.2 Å². The molecular formula is C23H36O8Si. The number of fused-ring (bicyclic) bond motifs is 1. The van der Waals surface area contributed by atoms with Gasteiger partial charge >= 0.3 is 5.97 Å². The maximum absolute atomic E-state index is 13.1. The van der Waals surface area contributed by atoms with Crippen LogP contribution in [0.3, 0.4) is 0 Å². The Morgan fingerprint density at radius 1 is 1.06 bits per heavy atom. The first-order valence-electron chi connectivity index (χ1n) is 11.2. The fraction of sp³-hybridized carbons (Fsp3) is 0.826. The van der Waals surface area contributed by atoms with Gasteiger partial charge in [0.15, 0.2) is 30.1 Å². The van der Waals surface area contributed by atoms with Crippen molar-refractivity contribution in [3.63, 3.8) is 0 Å². The van der Waals surface area contributed by atoms with Crippen LogP contribution in [-0.4, -0.2) is 68.7 Å². The average Bonchev–Trinajstić information content (AvgIpc) is 3.23. The Balaban J connectivity index is 1.73. The van der Waals surface area contributed by atoms with Crippen molar-refractivity contribution in [1.82, 2.24) is 0 Å². The number of carbonyl (C=O) groups is 2. The summed E-state index contributed by atoms with van der Waals surface area (Å²) in [7, 11) is -1.51. The van der Waals surface area contributed by atoms with Crippen LogP contribution in [-0.2, 0) is 38.0 Å². The molecule has 0 saturated carbocycles. The van der Waals surface area contributed by atoms with Crippen molar-refractivity contribution < 1.29 is 38.0 Å². The van der Waals surface area contributed by atoms with Crippen molar-refractivity contribution in [3.05, 3.63) is 0 Å². The molecule has 0 aromatic rings. The van der Waals surface area contributed by atoms with E-state index in [1.54, 1.807) is 13.8 Å². The maximum atomic E-state index is 13.1. The predicted octanol–water partition coefficient (Wildman–Crippen LogP) is 2.79. The highest BCUT2D eigenvalue weighted by Crippen LogP contribution is 2.42. The largest absolute Gasteiger partial charge is 0.456 e. The van der Waals surface area contributed by atoms with Crippen molar-refractivity contribution in [2.75, 3.05) is 6.61 Å². The first-order valence-corrected chi connectivity index (χ1v) is 14.7. The number of ketones is 1. The first-order chi connectivity index (χ1) is 14.7. The lowest BCUT2D eigenvalue weighted by Gasteiger charge is -2.29. The lowest BCUT2D eigenvalue weighted by molar-refractivity contribution is -0.236. The van der Waals surface area contributed by atoms with Crippen molar-refractivity contribution >= 4 is 19.8 Å². The van der Waals surface area contributed by atoms with E-state index >= 15 is 0 Å². The molecule has 0 aromatic heterocycles. The molecule has 9 heteroatoms. The average molecular weight is 469 g/mol. The van der Waals surface area contributed by atoms with E-state index in [4.69, 9.17) is 28.4 Å². The Morgan fingerprint density at radius 2 is 1.75 bits per heavy atom. The number of rotatable bonds is 6. The van der Waals surface area contributed by atoms with Gasteiger partial charge in [0.05, 0.1) is 6.61 Å². The molecule has 180 valence electrons. The fourth-order valence-electron chi connectivity index (χ4n) is 4.06. The summed E-state index contributed by atoms with van der Waals surface area (Å²) in [4.78, 5) is 25.3. The molecule has 0 aliphatic carbocycles. The third kappa shape index (κ3) is 6.19. The highest BCUT2D eigenvalue weighted by Gasteiger charge is 2.60. The van der Waals surface area contributed by atoms with Crippen LogP contribution < -0.4 is 0 Å². The third-order valence-electron chi connectivity index (χ3n) is 5.47. The SMILES string of the molecule is CC(=O)C(CCC#C[Si](C)(C)C)C(=O)O[C@@H]1[C@H]2OC(C)(C)O[C@H]2O[C@@H]1[C@@H]1COC(C)(C)O1. The third-order valence-corrected chi connectivity index (χ3v) is 6.40. The van der Waals surface area contributed by atoms with Gasteiger partial charge in [0, 0.05) is 6.42 Å². The van der Waals surface area contributed by atoms with Crippen molar-refractivity contribution in [2.45, 2.75) is 109 Å². The molecule has 8 nitrogen and oxygen atoms in total. The highest BCUT2D eigenvalue weighted by molar-refractivity contribution is 6.83.